The molecule has 6 heteroatoms. The molecule has 0 fully saturated rings. The third-order valence-electron chi connectivity index (χ3n) is 3.83. The average Bonchev–Trinajstić information content (AvgIpc) is 2.65. The van der Waals surface area contributed by atoms with Crippen LogP contribution in [0.5, 0.6) is 17.2 Å². The Hall–Kier alpha value is -2.40. The Morgan fingerprint density at radius 2 is 1.96 bits per heavy atom. The first-order chi connectivity index (χ1) is 12.2. The number of nitrogens with one attached hydrogen (secondary N) is 1. The highest BCUT2D eigenvalue weighted by atomic mass is 35.5. The van der Waals surface area contributed by atoms with E-state index in [4.69, 9.17) is 25.8 Å². The third kappa shape index (κ3) is 4.57. The van der Waals surface area contributed by atoms with Crippen molar-refractivity contribution in [3.8, 4) is 17.2 Å². The lowest BCUT2D eigenvalue weighted by atomic mass is 10.2. The summed E-state index contributed by atoms with van der Waals surface area (Å²) in [5, 5.41) is 3.50. The molecule has 0 unspecified atom stereocenters. The fourth-order valence-corrected chi connectivity index (χ4v) is 2.62. The van der Waals surface area contributed by atoms with E-state index in [1.54, 1.807) is 24.3 Å². The van der Waals surface area contributed by atoms with Crippen LogP contribution in [0.3, 0.4) is 0 Å². The van der Waals surface area contributed by atoms with E-state index in [0.29, 0.717) is 36.1 Å². The van der Waals surface area contributed by atoms with Crippen LogP contribution in [0.25, 0.3) is 0 Å². The Morgan fingerprint density at radius 3 is 2.68 bits per heavy atom. The van der Waals surface area contributed by atoms with Gasteiger partial charge in [0.1, 0.15) is 18.5 Å². The van der Waals surface area contributed by atoms with E-state index in [2.05, 4.69) is 5.32 Å². The second-order valence-corrected chi connectivity index (χ2v) is 6.15. The number of para-hydroxylation sites is 2. The minimum absolute atomic E-state index is 0.181. The normalized spacial score (nSPS) is 16.8. The minimum atomic E-state index is -0.571. The van der Waals surface area contributed by atoms with Crippen LogP contribution >= 0.6 is 11.6 Å². The third-order valence-corrected chi connectivity index (χ3v) is 4.08. The van der Waals surface area contributed by atoms with E-state index >= 15 is 0 Å². The molecule has 2 atom stereocenters. The van der Waals surface area contributed by atoms with Crippen LogP contribution in [0.2, 0.25) is 5.02 Å². The molecule has 1 amide bonds. The van der Waals surface area contributed by atoms with Crippen molar-refractivity contribution >= 4 is 17.5 Å². The summed E-state index contributed by atoms with van der Waals surface area (Å²) >= 11 is 5.86. The predicted molar refractivity (Wildman–Crippen MR) is 95.5 cm³/mol. The van der Waals surface area contributed by atoms with Gasteiger partial charge in [0, 0.05) is 5.02 Å². The largest absolute Gasteiger partial charge is 0.486 e. The van der Waals surface area contributed by atoms with Gasteiger partial charge in [-0.25, -0.2) is 0 Å². The van der Waals surface area contributed by atoms with E-state index in [9.17, 15) is 4.79 Å². The van der Waals surface area contributed by atoms with Crippen molar-refractivity contribution in [3.05, 3.63) is 53.6 Å². The molecule has 3 rings (SSSR count). The fraction of sp³-hybridized carbons (Fsp3) is 0.316. The lowest BCUT2D eigenvalue weighted by Crippen LogP contribution is -2.45. The summed E-state index contributed by atoms with van der Waals surface area (Å²) in [6.07, 6.45) is -0.246. The van der Waals surface area contributed by atoms with Gasteiger partial charge in [-0.2, -0.15) is 0 Å². The van der Waals surface area contributed by atoms with Crippen molar-refractivity contribution < 1.29 is 19.0 Å². The first-order valence-corrected chi connectivity index (χ1v) is 8.62. The summed E-state index contributed by atoms with van der Waals surface area (Å²) < 4.78 is 17.2. The highest BCUT2D eigenvalue weighted by Crippen LogP contribution is 2.30. The summed E-state index contributed by atoms with van der Waals surface area (Å²) in [6, 6.07) is 14.4. The van der Waals surface area contributed by atoms with Gasteiger partial charge in [-0.05, 0) is 42.8 Å². The maximum Gasteiger partial charge on any atom is 0.261 e. The first-order valence-electron chi connectivity index (χ1n) is 8.24. The molecule has 1 N–H and O–H groups in total. The van der Waals surface area contributed by atoms with Crippen molar-refractivity contribution in [1.29, 1.82) is 0 Å². The van der Waals surface area contributed by atoms with Gasteiger partial charge in [0.15, 0.2) is 17.6 Å². The smallest absolute Gasteiger partial charge is 0.261 e. The molecule has 0 spiro atoms. The molecule has 2 aromatic rings. The number of rotatable bonds is 6. The molecular weight excluding hydrogens is 342 g/mol. The van der Waals surface area contributed by atoms with Gasteiger partial charge >= 0.3 is 0 Å². The summed E-state index contributed by atoms with van der Waals surface area (Å²) in [7, 11) is 0. The molecule has 0 saturated heterocycles. The quantitative estimate of drug-likeness (QED) is 0.856. The fourth-order valence-electron chi connectivity index (χ4n) is 2.49. The number of fused-ring (bicyclic) bond motifs is 1. The Kier molecular flexibility index (Phi) is 5.66. The van der Waals surface area contributed by atoms with Gasteiger partial charge in [-0.1, -0.05) is 30.7 Å². The molecular formula is C19H20ClNO4. The second-order valence-electron chi connectivity index (χ2n) is 5.71. The average molecular weight is 362 g/mol. The monoisotopic (exact) mass is 361 g/mol. The maximum atomic E-state index is 12.4. The second kappa shape index (κ2) is 8.12. The Balaban J connectivity index is 1.52. The summed E-state index contributed by atoms with van der Waals surface area (Å²) in [5.74, 6) is 1.84. The Morgan fingerprint density at radius 1 is 1.24 bits per heavy atom. The molecule has 1 aliphatic heterocycles. The van der Waals surface area contributed by atoms with E-state index < -0.39 is 6.10 Å². The van der Waals surface area contributed by atoms with Crippen LogP contribution < -0.4 is 19.5 Å². The SMILES string of the molecule is CC[C@@H](Oc1ccc(Cl)cc1)C(=O)NC[C@H]1COc2ccccc2O1. The molecule has 0 radical (unpaired) electrons. The minimum Gasteiger partial charge on any atom is -0.486 e. The van der Waals surface area contributed by atoms with E-state index in [1.807, 2.05) is 31.2 Å². The molecule has 0 bridgehead atoms. The molecule has 2 aromatic carbocycles. The van der Waals surface area contributed by atoms with Crippen molar-refractivity contribution in [1.82, 2.24) is 5.32 Å². The van der Waals surface area contributed by atoms with Crippen LogP contribution in [0, 0.1) is 0 Å². The molecule has 0 aromatic heterocycles. The zero-order chi connectivity index (χ0) is 17.6. The van der Waals surface area contributed by atoms with Crippen molar-refractivity contribution in [2.75, 3.05) is 13.2 Å². The topological polar surface area (TPSA) is 56.8 Å². The van der Waals surface area contributed by atoms with Gasteiger partial charge in [-0.15, -0.1) is 0 Å². The molecule has 25 heavy (non-hydrogen) atoms. The van der Waals surface area contributed by atoms with E-state index in [0.717, 1.165) is 5.75 Å². The van der Waals surface area contributed by atoms with Gasteiger partial charge in [0.05, 0.1) is 6.54 Å². The van der Waals surface area contributed by atoms with Crippen molar-refractivity contribution in [3.63, 3.8) is 0 Å². The lowest BCUT2D eigenvalue weighted by molar-refractivity contribution is -0.128. The number of hydrogen-bond donors (Lipinski definition) is 1. The molecule has 1 aliphatic rings. The molecule has 132 valence electrons. The lowest BCUT2D eigenvalue weighted by Gasteiger charge is -2.27. The number of benzene rings is 2. The molecule has 0 aliphatic carbocycles. The Labute approximate surface area is 151 Å². The zero-order valence-corrected chi connectivity index (χ0v) is 14.7. The summed E-state index contributed by atoms with van der Waals surface area (Å²) in [5.41, 5.74) is 0. The standard InChI is InChI=1S/C19H20ClNO4/c1-2-16(24-14-9-7-13(20)8-10-14)19(22)21-11-15-12-23-17-5-3-4-6-18(17)25-15/h3-10,15-16H,2,11-12H2,1H3,(H,21,22)/t15-,16+/m0/s1. The van der Waals surface area contributed by atoms with Crippen LogP contribution in [-0.2, 0) is 4.79 Å². The molecule has 1 heterocycles. The first kappa shape index (κ1) is 17.4. The highest BCUT2D eigenvalue weighted by Gasteiger charge is 2.23. The summed E-state index contributed by atoms with van der Waals surface area (Å²) in [6.45, 7) is 2.65. The number of hydrogen-bond acceptors (Lipinski definition) is 4. The van der Waals surface area contributed by atoms with Crippen molar-refractivity contribution in [2.45, 2.75) is 25.6 Å². The zero-order valence-electron chi connectivity index (χ0n) is 13.9. The summed E-state index contributed by atoms with van der Waals surface area (Å²) in [4.78, 5) is 12.4. The van der Waals surface area contributed by atoms with Crippen LogP contribution in [-0.4, -0.2) is 31.3 Å². The number of halogens is 1. The predicted octanol–water partition coefficient (Wildman–Crippen LogP) is 3.45. The van der Waals surface area contributed by atoms with Crippen LogP contribution in [0.15, 0.2) is 48.5 Å². The number of amides is 1. The van der Waals surface area contributed by atoms with Gasteiger partial charge in [-0.3, -0.25) is 4.79 Å². The van der Waals surface area contributed by atoms with Crippen LogP contribution in [0.4, 0.5) is 0 Å². The van der Waals surface area contributed by atoms with Gasteiger partial charge in [0.25, 0.3) is 5.91 Å². The van der Waals surface area contributed by atoms with E-state index in [1.165, 1.54) is 0 Å². The van der Waals surface area contributed by atoms with Crippen molar-refractivity contribution in [2.24, 2.45) is 0 Å². The number of carbonyl (C=O) groups is 1. The molecule has 0 saturated carbocycles. The highest BCUT2D eigenvalue weighted by molar-refractivity contribution is 6.30. The maximum absolute atomic E-state index is 12.4. The van der Waals surface area contributed by atoms with Gasteiger partial charge < -0.3 is 19.5 Å². The van der Waals surface area contributed by atoms with Gasteiger partial charge in [0.2, 0.25) is 0 Å². The number of carbonyl (C=O) groups excluding carboxylic acids is 1. The van der Waals surface area contributed by atoms with E-state index in [-0.39, 0.29) is 12.0 Å². The van der Waals surface area contributed by atoms with Crippen LogP contribution in [0.1, 0.15) is 13.3 Å². The number of ether oxygens (including phenoxy) is 3. The molecule has 5 nitrogen and oxygen atoms in total. The Bertz CT molecular complexity index is 720.